The first-order valence-electron chi connectivity index (χ1n) is 5.72. The van der Waals surface area contributed by atoms with E-state index in [4.69, 9.17) is 4.74 Å². The molecule has 2 nitrogen and oxygen atoms in total. The van der Waals surface area contributed by atoms with Crippen LogP contribution >= 0.6 is 0 Å². The maximum atomic E-state index is 9.77. The van der Waals surface area contributed by atoms with E-state index >= 15 is 0 Å². The molecule has 86 valence electrons. The average molecular weight is 218 g/mol. The Hall–Kier alpha value is -1.28. The summed E-state index contributed by atoms with van der Waals surface area (Å²) in [5.41, 5.74) is 1.76. The Morgan fingerprint density at radius 1 is 1.38 bits per heavy atom. The van der Waals surface area contributed by atoms with Crippen LogP contribution in [0.25, 0.3) is 6.08 Å². The molecule has 1 aliphatic rings. The number of hydrogen-bond acceptors (Lipinski definition) is 2. The van der Waals surface area contributed by atoms with Crippen molar-refractivity contribution in [3.63, 3.8) is 0 Å². The van der Waals surface area contributed by atoms with Crippen molar-refractivity contribution < 1.29 is 9.84 Å². The molecule has 1 atom stereocenters. The molecule has 2 rings (SSSR count). The monoisotopic (exact) mass is 218 g/mol. The number of hydrogen-bond donors (Lipinski definition) is 1. The second-order valence-electron chi connectivity index (χ2n) is 4.76. The summed E-state index contributed by atoms with van der Waals surface area (Å²) >= 11 is 0. The molecule has 1 aliphatic heterocycles. The normalized spacial score (nSPS) is 18.8. The first-order chi connectivity index (χ1) is 7.52. The minimum atomic E-state index is -0.381. The fraction of sp³-hybridized carbons (Fsp3) is 0.429. The van der Waals surface area contributed by atoms with Crippen molar-refractivity contribution >= 4 is 6.08 Å². The average Bonchev–Trinajstić information content (AvgIpc) is 2.26. The third kappa shape index (κ3) is 2.12. The highest BCUT2D eigenvalue weighted by Crippen LogP contribution is 2.32. The van der Waals surface area contributed by atoms with Gasteiger partial charge in [-0.25, -0.2) is 0 Å². The molecule has 1 heterocycles. The fourth-order valence-electron chi connectivity index (χ4n) is 1.84. The van der Waals surface area contributed by atoms with Crippen molar-refractivity contribution in [3.05, 3.63) is 35.4 Å². The van der Waals surface area contributed by atoms with Gasteiger partial charge in [-0.15, -0.1) is 0 Å². The van der Waals surface area contributed by atoms with E-state index in [1.807, 2.05) is 45.0 Å². The van der Waals surface area contributed by atoms with Crippen LogP contribution in [0.1, 0.15) is 44.4 Å². The summed E-state index contributed by atoms with van der Waals surface area (Å²) in [5.74, 6) is 0.888. The third-order valence-corrected chi connectivity index (χ3v) is 2.84. The smallest absolute Gasteiger partial charge is 0.127 e. The maximum Gasteiger partial charge on any atom is 0.127 e. The van der Waals surface area contributed by atoms with Crippen LogP contribution in [0, 0.1) is 0 Å². The van der Waals surface area contributed by atoms with Gasteiger partial charge in [-0.05, 0) is 44.0 Å². The van der Waals surface area contributed by atoms with E-state index in [0.29, 0.717) is 0 Å². The SMILES string of the molecule is CCC(O)c1ccc2c(c1)C=CC(C)(C)O2. The zero-order valence-electron chi connectivity index (χ0n) is 10.0. The van der Waals surface area contributed by atoms with Crippen LogP contribution in [0.5, 0.6) is 5.75 Å². The Balaban J connectivity index is 2.35. The Labute approximate surface area is 96.6 Å². The Morgan fingerprint density at radius 2 is 2.12 bits per heavy atom. The highest BCUT2D eigenvalue weighted by atomic mass is 16.5. The molecule has 0 saturated carbocycles. The van der Waals surface area contributed by atoms with Crippen molar-refractivity contribution in [3.8, 4) is 5.75 Å². The second-order valence-corrected chi connectivity index (χ2v) is 4.76. The molecule has 16 heavy (non-hydrogen) atoms. The second kappa shape index (κ2) is 3.95. The minimum Gasteiger partial charge on any atom is -0.483 e. The minimum absolute atomic E-state index is 0.238. The van der Waals surface area contributed by atoms with Crippen molar-refractivity contribution in [2.24, 2.45) is 0 Å². The summed E-state index contributed by atoms with van der Waals surface area (Å²) in [4.78, 5) is 0. The van der Waals surface area contributed by atoms with Gasteiger partial charge in [0.05, 0.1) is 6.10 Å². The highest BCUT2D eigenvalue weighted by molar-refractivity contribution is 5.61. The van der Waals surface area contributed by atoms with Crippen LogP contribution in [0.4, 0.5) is 0 Å². The van der Waals surface area contributed by atoms with Crippen molar-refractivity contribution in [1.82, 2.24) is 0 Å². The molecule has 0 amide bonds. The molecule has 2 heteroatoms. The lowest BCUT2D eigenvalue weighted by molar-refractivity contribution is 0.157. The lowest BCUT2D eigenvalue weighted by Gasteiger charge is -2.28. The molecule has 1 unspecified atom stereocenters. The number of fused-ring (bicyclic) bond motifs is 1. The number of rotatable bonds is 2. The molecule has 0 bridgehead atoms. The van der Waals surface area contributed by atoms with Gasteiger partial charge < -0.3 is 9.84 Å². The molecule has 1 aromatic carbocycles. The predicted octanol–water partition coefficient (Wildman–Crippen LogP) is 3.31. The van der Waals surface area contributed by atoms with Crippen LogP contribution in [-0.4, -0.2) is 10.7 Å². The number of aliphatic hydroxyl groups is 1. The molecular weight excluding hydrogens is 200 g/mol. The van der Waals surface area contributed by atoms with Crippen LogP contribution < -0.4 is 4.74 Å². The molecule has 0 aromatic heterocycles. The van der Waals surface area contributed by atoms with Crippen molar-refractivity contribution in [2.75, 3.05) is 0 Å². The van der Waals surface area contributed by atoms with Gasteiger partial charge in [-0.2, -0.15) is 0 Å². The molecule has 1 aromatic rings. The van der Waals surface area contributed by atoms with E-state index in [2.05, 4.69) is 6.08 Å². The topological polar surface area (TPSA) is 29.5 Å². The van der Waals surface area contributed by atoms with E-state index in [9.17, 15) is 5.11 Å². The maximum absolute atomic E-state index is 9.77. The van der Waals surface area contributed by atoms with Crippen LogP contribution in [0.3, 0.4) is 0 Å². The lowest BCUT2D eigenvalue weighted by Crippen LogP contribution is -2.27. The Kier molecular flexibility index (Phi) is 2.76. The number of ether oxygens (including phenoxy) is 1. The third-order valence-electron chi connectivity index (χ3n) is 2.84. The Bertz CT molecular complexity index is 419. The largest absolute Gasteiger partial charge is 0.483 e. The number of benzene rings is 1. The van der Waals surface area contributed by atoms with Crippen LogP contribution in [0.2, 0.25) is 0 Å². The first-order valence-corrected chi connectivity index (χ1v) is 5.72. The van der Waals surface area contributed by atoms with Crippen LogP contribution in [0.15, 0.2) is 24.3 Å². The quantitative estimate of drug-likeness (QED) is 0.825. The van der Waals surface area contributed by atoms with Gasteiger partial charge in [0.25, 0.3) is 0 Å². The van der Waals surface area contributed by atoms with Crippen molar-refractivity contribution in [1.29, 1.82) is 0 Å². The van der Waals surface area contributed by atoms with E-state index in [1.165, 1.54) is 0 Å². The fourth-order valence-corrected chi connectivity index (χ4v) is 1.84. The van der Waals surface area contributed by atoms with E-state index in [0.717, 1.165) is 23.3 Å². The Morgan fingerprint density at radius 3 is 2.81 bits per heavy atom. The van der Waals surface area contributed by atoms with Gasteiger partial charge in [0.2, 0.25) is 0 Å². The molecular formula is C14H18O2. The summed E-state index contributed by atoms with van der Waals surface area (Å²) in [5, 5.41) is 9.77. The predicted molar refractivity (Wildman–Crippen MR) is 65.4 cm³/mol. The summed E-state index contributed by atoms with van der Waals surface area (Å²) in [6.45, 7) is 6.03. The van der Waals surface area contributed by atoms with Gasteiger partial charge in [0, 0.05) is 5.56 Å². The van der Waals surface area contributed by atoms with Crippen molar-refractivity contribution in [2.45, 2.75) is 38.9 Å². The van der Waals surface area contributed by atoms with E-state index in [1.54, 1.807) is 0 Å². The summed E-state index contributed by atoms with van der Waals surface area (Å²) in [6.07, 6.45) is 4.45. The van der Waals surface area contributed by atoms with Gasteiger partial charge in [-0.1, -0.05) is 19.1 Å². The van der Waals surface area contributed by atoms with Gasteiger partial charge in [0.1, 0.15) is 11.4 Å². The zero-order valence-corrected chi connectivity index (χ0v) is 10.0. The molecule has 0 fully saturated rings. The summed E-state index contributed by atoms with van der Waals surface area (Å²) in [6, 6.07) is 5.87. The first kappa shape index (κ1) is 11.2. The summed E-state index contributed by atoms with van der Waals surface area (Å²) < 4.78 is 5.82. The van der Waals surface area contributed by atoms with Gasteiger partial charge in [-0.3, -0.25) is 0 Å². The lowest BCUT2D eigenvalue weighted by atomic mass is 9.98. The van der Waals surface area contributed by atoms with Gasteiger partial charge in [0.15, 0.2) is 0 Å². The molecule has 0 radical (unpaired) electrons. The zero-order chi connectivity index (χ0) is 11.8. The molecule has 1 N–H and O–H groups in total. The standard InChI is InChI=1S/C14H18O2/c1-4-12(15)10-5-6-13-11(9-10)7-8-14(2,3)16-13/h5-9,12,15H,4H2,1-3H3. The van der Waals surface area contributed by atoms with E-state index in [-0.39, 0.29) is 11.7 Å². The highest BCUT2D eigenvalue weighted by Gasteiger charge is 2.21. The molecule has 0 aliphatic carbocycles. The van der Waals surface area contributed by atoms with Gasteiger partial charge >= 0.3 is 0 Å². The molecule has 0 spiro atoms. The van der Waals surface area contributed by atoms with E-state index < -0.39 is 0 Å². The number of aliphatic hydroxyl groups excluding tert-OH is 1. The summed E-state index contributed by atoms with van der Waals surface area (Å²) in [7, 11) is 0. The van der Waals surface area contributed by atoms with Crippen LogP contribution in [-0.2, 0) is 0 Å². The molecule has 0 saturated heterocycles.